The molecule has 2 heterocycles. The van der Waals surface area contributed by atoms with E-state index in [-0.39, 0.29) is 29.7 Å². The van der Waals surface area contributed by atoms with Crippen LogP contribution in [0.15, 0.2) is 6.20 Å². The molecule has 3 N–H and O–H groups in total. The van der Waals surface area contributed by atoms with Crippen LogP contribution < -0.4 is 10.6 Å². The number of piperidine rings is 1. The Morgan fingerprint density at radius 1 is 1.27 bits per heavy atom. The normalized spacial score (nSPS) is 21.9. The number of carbonyl (C=O) groups is 2. The van der Waals surface area contributed by atoms with Gasteiger partial charge in [0.1, 0.15) is 0 Å². The van der Waals surface area contributed by atoms with E-state index < -0.39 is 0 Å². The molecule has 0 radical (unpaired) electrons. The number of hydrogen-bond donors (Lipinski definition) is 3. The van der Waals surface area contributed by atoms with Crippen molar-refractivity contribution in [1.29, 1.82) is 0 Å². The molecule has 3 rings (SSSR count). The second-order valence-electron chi connectivity index (χ2n) is 7.96. The Balaban J connectivity index is 1.59. The molecule has 1 aromatic rings. The van der Waals surface area contributed by atoms with E-state index >= 15 is 0 Å². The van der Waals surface area contributed by atoms with E-state index in [0.717, 1.165) is 63.0 Å². The predicted molar refractivity (Wildman–Crippen MR) is 101 cm³/mol. The van der Waals surface area contributed by atoms with Gasteiger partial charge in [0, 0.05) is 24.4 Å². The van der Waals surface area contributed by atoms with E-state index in [2.05, 4.69) is 25.7 Å². The average molecular weight is 361 g/mol. The van der Waals surface area contributed by atoms with Crippen LogP contribution in [0.25, 0.3) is 0 Å². The molecule has 1 atom stereocenters. The summed E-state index contributed by atoms with van der Waals surface area (Å²) in [4.78, 5) is 26.7. The van der Waals surface area contributed by atoms with Crippen LogP contribution in [0.3, 0.4) is 0 Å². The summed E-state index contributed by atoms with van der Waals surface area (Å²) < 4.78 is 0. The first-order valence-electron chi connectivity index (χ1n) is 9.88. The third-order valence-electron chi connectivity index (χ3n) is 5.38. The van der Waals surface area contributed by atoms with Gasteiger partial charge in [-0.2, -0.15) is 5.10 Å². The number of nitrogens with one attached hydrogen (secondary N) is 3. The van der Waals surface area contributed by atoms with Crippen molar-refractivity contribution in [3.05, 3.63) is 11.9 Å². The van der Waals surface area contributed by atoms with Gasteiger partial charge in [-0.15, -0.1) is 0 Å². The molecule has 1 saturated heterocycles. The number of H-pyrrole nitrogens is 1. The molecule has 144 valence electrons. The van der Waals surface area contributed by atoms with E-state index in [0.29, 0.717) is 6.54 Å². The molecule has 1 aliphatic carbocycles. The molecule has 0 unspecified atom stereocenters. The van der Waals surface area contributed by atoms with Crippen molar-refractivity contribution in [2.24, 2.45) is 5.92 Å². The maximum atomic E-state index is 12.4. The molecule has 26 heavy (non-hydrogen) atoms. The zero-order valence-corrected chi connectivity index (χ0v) is 15.9. The summed E-state index contributed by atoms with van der Waals surface area (Å²) in [5, 5.41) is 13.3. The quantitative estimate of drug-likeness (QED) is 0.725. The Hall–Kier alpha value is -1.89. The van der Waals surface area contributed by atoms with E-state index in [9.17, 15) is 9.59 Å². The Kier molecular flexibility index (Phi) is 6.29. The monoisotopic (exact) mass is 361 g/mol. The van der Waals surface area contributed by atoms with Crippen molar-refractivity contribution >= 4 is 17.5 Å². The molecule has 1 aliphatic heterocycles. The number of amides is 2. The lowest BCUT2D eigenvalue weighted by Gasteiger charge is -2.32. The molecule has 1 saturated carbocycles. The van der Waals surface area contributed by atoms with Crippen molar-refractivity contribution in [2.45, 2.75) is 64.3 Å². The molecule has 7 nitrogen and oxygen atoms in total. The zero-order valence-electron chi connectivity index (χ0n) is 15.9. The number of nitrogens with zero attached hydrogens (tertiary/aromatic N) is 2. The Morgan fingerprint density at radius 3 is 2.77 bits per heavy atom. The summed E-state index contributed by atoms with van der Waals surface area (Å²) in [5.41, 5.74) is 1.80. The average Bonchev–Trinajstić information content (AvgIpc) is 3.26. The molecular weight excluding hydrogens is 330 g/mol. The van der Waals surface area contributed by atoms with Crippen LogP contribution in [0.5, 0.6) is 0 Å². The number of anilines is 1. The summed E-state index contributed by atoms with van der Waals surface area (Å²) >= 11 is 0. The summed E-state index contributed by atoms with van der Waals surface area (Å²) in [7, 11) is 0. The van der Waals surface area contributed by atoms with Crippen molar-refractivity contribution in [1.82, 2.24) is 20.4 Å². The maximum absolute atomic E-state index is 12.4. The lowest BCUT2D eigenvalue weighted by atomic mass is 9.94. The Morgan fingerprint density at radius 2 is 2.04 bits per heavy atom. The van der Waals surface area contributed by atoms with Gasteiger partial charge >= 0.3 is 0 Å². The third kappa shape index (κ3) is 4.84. The lowest BCUT2D eigenvalue weighted by Crippen LogP contribution is -2.43. The molecule has 7 heteroatoms. The molecular formula is C19H31N5O2. The van der Waals surface area contributed by atoms with Gasteiger partial charge < -0.3 is 10.6 Å². The highest BCUT2D eigenvalue weighted by Gasteiger charge is 2.28. The molecule has 0 bridgehead atoms. The van der Waals surface area contributed by atoms with Crippen LogP contribution in [0.1, 0.15) is 64.0 Å². The zero-order chi connectivity index (χ0) is 18.5. The van der Waals surface area contributed by atoms with E-state index in [1.165, 1.54) is 0 Å². The van der Waals surface area contributed by atoms with Crippen molar-refractivity contribution in [3.63, 3.8) is 0 Å². The van der Waals surface area contributed by atoms with E-state index in [1.807, 2.05) is 13.8 Å². The SMILES string of the molecule is CC(C)NC(=O)CN1CCC[C@H](c2[nH]ncc2NC(=O)C2CCCC2)C1. The van der Waals surface area contributed by atoms with Crippen LogP contribution in [-0.2, 0) is 9.59 Å². The van der Waals surface area contributed by atoms with Gasteiger partial charge in [-0.05, 0) is 46.1 Å². The Bertz CT molecular complexity index is 621. The van der Waals surface area contributed by atoms with Crippen LogP contribution in [0, 0.1) is 5.92 Å². The van der Waals surface area contributed by atoms with Gasteiger partial charge in [0.25, 0.3) is 0 Å². The fourth-order valence-corrected chi connectivity index (χ4v) is 4.14. The number of aromatic amines is 1. The summed E-state index contributed by atoms with van der Waals surface area (Å²) in [6.07, 6.45) is 8.05. The van der Waals surface area contributed by atoms with E-state index in [1.54, 1.807) is 6.20 Å². The van der Waals surface area contributed by atoms with Crippen LogP contribution in [-0.4, -0.2) is 52.6 Å². The number of aromatic nitrogens is 2. The van der Waals surface area contributed by atoms with Crippen molar-refractivity contribution < 1.29 is 9.59 Å². The number of likely N-dealkylation sites (tertiary alicyclic amines) is 1. The van der Waals surface area contributed by atoms with Gasteiger partial charge in [0.15, 0.2) is 0 Å². The molecule has 2 amide bonds. The largest absolute Gasteiger partial charge is 0.353 e. The first-order chi connectivity index (χ1) is 12.5. The second kappa shape index (κ2) is 8.66. The minimum atomic E-state index is 0.0695. The highest BCUT2D eigenvalue weighted by Crippen LogP contribution is 2.31. The lowest BCUT2D eigenvalue weighted by molar-refractivity contribution is -0.123. The van der Waals surface area contributed by atoms with Crippen LogP contribution in [0.4, 0.5) is 5.69 Å². The standard InChI is InChI=1S/C19H31N5O2/c1-13(2)21-17(25)12-24-9-5-8-15(11-24)18-16(10-20-23-18)22-19(26)14-6-3-4-7-14/h10,13-15H,3-9,11-12H2,1-2H3,(H,20,23)(H,21,25)(H,22,26)/t15-/m0/s1. The van der Waals surface area contributed by atoms with Gasteiger partial charge in [-0.25, -0.2) is 0 Å². The molecule has 0 spiro atoms. The van der Waals surface area contributed by atoms with Gasteiger partial charge in [-0.1, -0.05) is 12.8 Å². The minimum Gasteiger partial charge on any atom is -0.353 e. The number of carbonyl (C=O) groups excluding carboxylic acids is 2. The molecule has 0 aromatic carbocycles. The highest BCUT2D eigenvalue weighted by atomic mass is 16.2. The molecule has 1 aromatic heterocycles. The van der Waals surface area contributed by atoms with Crippen molar-refractivity contribution in [2.75, 3.05) is 25.0 Å². The van der Waals surface area contributed by atoms with Crippen LogP contribution >= 0.6 is 0 Å². The Labute approximate surface area is 155 Å². The summed E-state index contributed by atoms with van der Waals surface area (Å²) in [6.45, 7) is 6.11. The highest BCUT2D eigenvalue weighted by molar-refractivity contribution is 5.93. The predicted octanol–water partition coefficient (Wildman–Crippen LogP) is 2.24. The first kappa shape index (κ1) is 18.9. The fraction of sp³-hybridized carbons (Fsp3) is 0.737. The smallest absolute Gasteiger partial charge is 0.234 e. The van der Waals surface area contributed by atoms with Crippen LogP contribution in [0.2, 0.25) is 0 Å². The van der Waals surface area contributed by atoms with Gasteiger partial charge in [0.05, 0.1) is 24.1 Å². The second-order valence-corrected chi connectivity index (χ2v) is 7.96. The summed E-state index contributed by atoms with van der Waals surface area (Å²) in [5.74, 6) is 0.589. The minimum absolute atomic E-state index is 0.0695. The topological polar surface area (TPSA) is 90.1 Å². The third-order valence-corrected chi connectivity index (χ3v) is 5.38. The molecule has 2 fully saturated rings. The first-order valence-corrected chi connectivity index (χ1v) is 9.88. The summed E-state index contributed by atoms with van der Waals surface area (Å²) in [6, 6.07) is 0.160. The van der Waals surface area contributed by atoms with Crippen molar-refractivity contribution in [3.8, 4) is 0 Å². The fourth-order valence-electron chi connectivity index (χ4n) is 4.14. The molecule has 2 aliphatic rings. The number of rotatable bonds is 6. The van der Waals surface area contributed by atoms with E-state index in [4.69, 9.17) is 0 Å². The number of hydrogen-bond acceptors (Lipinski definition) is 4. The van der Waals surface area contributed by atoms with Gasteiger partial charge in [-0.3, -0.25) is 19.6 Å². The maximum Gasteiger partial charge on any atom is 0.234 e. The van der Waals surface area contributed by atoms with Gasteiger partial charge in [0.2, 0.25) is 11.8 Å².